The molecule has 0 bridgehead atoms. The van der Waals surface area contributed by atoms with Crippen molar-refractivity contribution in [1.82, 2.24) is 9.88 Å². The molecule has 5 atom stereocenters. The van der Waals surface area contributed by atoms with Crippen molar-refractivity contribution in [2.75, 3.05) is 13.7 Å². The minimum absolute atomic E-state index is 0.223. The van der Waals surface area contributed by atoms with E-state index in [1.165, 1.54) is 12.1 Å². The SMILES string of the molecule is CO[C@H]1C[C@H]2CC(N3CCCC3=O)CC[C@H]2[C@@H]1/C=C/c1ccc(-c2cccc(F)c2)cn1. The van der Waals surface area contributed by atoms with Gasteiger partial charge in [0.1, 0.15) is 5.82 Å². The molecule has 1 aliphatic heterocycles. The van der Waals surface area contributed by atoms with Gasteiger partial charge in [0.25, 0.3) is 0 Å². The van der Waals surface area contributed by atoms with Crippen molar-refractivity contribution in [3.05, 3.63) is 60.2 Å². The quantitative estimate of drug-likeness (QED) is 0.638. The summed E-state index contributed by atoms with van der Waals surface area (Å²) in [6, 6.07) is 11.0. The molecule has 2 aliphatic carbocycles. The van der Waals surface area contributed by atoms with Gasteiger partial charge in [-0.05, 0) is 73.8 Å². The Hall–Kier alpha value is -2.53. The van der Waals surface area contributed by atoms with Gasteiger partial charge in [0.05, 0.1) is 11.8 Å². The van der Waals surface area contributed by atoms with Crippen LogP contribution < -0.4 is 0 Å². The molecule has 0 spiro atoms. The van der Waals surface area contributed by atoms with Crippen LogP contribution in [0.25, 0.3) is 17.2 Å². The van der Waals surface area contributed by atoms with E-state index in [1.807, 2.05) is 25.3 Å². The zero-order valence-electron chi connectivity index (χ0n) is 18.6. The minimum Gasteiger partial charge on any atom is -0.381 e. The number of ether oxygens (including phenoxy) is 1. The number of nitrogens with zero attached hydrogens (tertiary/aromatic N) is 2. The van der Waals surface area contributed by atoms with Crippen LogP contribution in [0.15, 0.2) is 48.7 Å². The first kappa shape index (κ1) is 21.3. The molecule has 3 fully saturated rings. The third-order valence-corrected chi connectivity index (χ3v) is 7.76. The number of benzene rings is 1. The molecule has 0 N–H and O–H groups in total. The summed E-state index contributed by atoms with van der Waals surface area (Å²) >= 11 is 0. The van der Waals surface area contributed by atoms with Crippen molar-refractivity contribution in [1.29, 1.82) is 0 Å². The molecule has 0 radical (unpaired) electrons. The van der Waals surface area contributed by atoms with E-state index in [2.05, 4.69) is 22.0 Å². The zero-order valence-corrected chi connectivity index (χ0v) is 18.6. The molecule has 3 aliphatic rings. The number of amides is 1. The Morgan fingerprint density at radius 3 is 2.78 bits per heavy atom. The van der Waals surface area contributed by atoms with Gasteiger partial charge >= 0.3 is 0 Å². The first-order valence-corrected chi connectivity index (χ1v) is 11.8. The molecule has 2 saturated carbocycles. The molecule has 168 valence electrons. The van der Waals surface area contributed by atoms with Gasteiger partial charge < -0.3 is 9.64 Å². The van der Waals surface area contributed by atoms with E-state index in [0.29, 0.717) is 29.7 Å². The van der Waals surface area contributed by atoms with Crippen LogP contribution in [0.2, 0.25) is 0 Å². The summed E-state index contributed by atoms with van der Waals surface area (Å²) in [7, 11) is 1.82. The van der Waals surface area contributed by atoms with Crippen molar-refractivity contribution < 1.29 is 13.9 Å². The number of likely N-dealkylation sites (tertiary alicyclic amines) is 1. The van der Waals surface area contributed by atoms with Gasteiger partial charge in [-0.25, -0.2) is 4.39 Å². The van der Waals surface area contributed by atoms with Gasteiger partial charge in [-0.2, -0.15) is 0 Å². The van der Waals surface area contributed by atoms with E-state index >= 15 is 0 Å². The summed E-state index contributed by atoms with van der Waals surface area (Å²) in [6.45, 7) is 0.940. The maximum Gasteiger partial charge on any atom is 0.222 e. The number of aromatic nitrogens is 1. The fraction of sp³-hybridized carbons (Fsp3) is 0.481. The van der Waals surface area contributed by atoms with Crippen LogP contribution in [0.5, 0.6) is 0 Å². The minimum atomic E-state index is -0.239. The monoisotopic (exact) mass is 434 g/mol. The Balaban J connectivity index is 1.27. The Morgan fingerprint density at radius 1 is 1.16 bits per heavy atom. The van der Waals surface area contributed by atoms with E-state index in [9.17, 15) is 9.18 Å². The highest BCUT2D eigenvalue weighted by molar-refractivity contribution is 5.78. The van der Waals surface area contributed by atoms with Crippen molar-refractivity contribution in [2.45, 2.75) is 50.7 Å². The van der Waals surface area contributed by atoms with Crippen molar-refractivity contribution in [3.8, 4) is 11.1 Å². The maximum absolute atomic E-state index is 13.5. The second-order valence-corrected chi connectivity index (χ2v) is 9.51. The molecule has 5 rings (SSSR count). The third kappa shape index (κ3) is 4.23. The van der Waals surface area contributed by atoms with E-state index in [1.54, 1.807) is 12.3 Å². The van der Waals surface area contributed by atoms with Gasteiger partial charge in [-0.3, -0.25) is 9.78 Å². The van der Waals surface area contributed by atoms with Crippen LogP contribution in [-0.2, 0) is 9.53 Å². The molecule has 1 unspecified atom stereocenters. The first-order chi connectivity index (χ1) is 15.6. The number of halogens is 1. The summed E-state index contributed by atoms with van der Waals surface area (Å²) in [5, 5.41) is 0. The lowest BCUT2D eigenvalue weighted by Gasteiger charge is -2.38. The van der Waals surface area contributed by atoms with Crippen LogP contribution in [0, 0.1) is 23.6 Å². The predicted octanol–water partition coefficient (Wildman–Crippen LogP) is 5.34. The van der Waals surface area contributed by atoms with Gasteiger partial charge in [0.2, 0.25) is 5.91 Å². The zero-order chi connectivity index (χ0) is 22.1. The number of hydrogen-bond donors (Lipinski definition) is 0. The Bertz CT molecular complexity index is 989. The molecule has 32 heavy (non-hydrogen) atoms. The van der Waals surface area contributed by atoms with E-state index in [-0.39, 0.29) is 11.9 Å². The molecule has 2 heterocycles. The highest BCUT2D eigenvalue weighted by atomic mass is 19.1. The molecule has 1 aromatic carbocycles. The van der Waals surface area contributed by atoms with Crippen LogP contribution in [0.3, 0.4) is 0 Å². The van der Waals surface area contributed by atoms with Gasteiger partial charge in [-0.1, -0.05) is 24.3 Å². The van der Waals surface area contributed by atoms with Crippen molar-refractivity contribution >= 4 is 12.0 Å². The lowest BCUT2D eigenvalue weighted by atomic mass is 9.75. The highest BCUT2D eigenvalue weighted by Crippen LogP contribution is 2.49. The van der Waals surface area contributed by atoms with Crippen molar-refractivity contribution in [2.24, 2.45) is 17.8 Å². The normalized spacial score (nSPS) is 30.2. The maximum atomic E-state index is 13.5. The summed E-state index contributed by atoms with van der Waals surface area (Å²) in [5.41, 5.74) is 2.64. The Labute approximate surface area is 189 Å². The average Bonchev–Trinajstić information content (AvgIpc) is 3.40. The Kier molecular flexibility index (Phi) is 6.09. The fourth-order valence-corrected chi connectivity index (χ4v) is 6.18. The van der Waals surface area contributed by atoms with Crippen LogP contribution in [0.1, 0.15) is 44.2 Å². The number of pyridine rings is 1. The van der Waals surface area contributed by atoms with E-state index in [4.69, 9.17) is 4.74 Å². The lowest BCUT2D eigenvalue weighted by molar-refractivity contribution is -0.130. The summed E-state index contributed by atoms with van der Waals surface area (Å²) in [6.07, 6.45) is 12.6. The van der Waals surface area contributed by atoms with Crippen LogP contribution >= 0.6 is 0 Å². The largest absolute Gasteiger partial charge is 0.381 e. The predicted molar refractivity (Wildman–Crippen MR) is 123 cm³/mol. The number of carbonyl (C=O) groups excluding carboxylic acids is 1. The molecule has 1 saturated heterocycles. The van der Waals surface area contributed by atoms with E-state index in [0.717, 1.165) is 61.9 Å². The van der Waals surface area contributed by atoms with Crippen molar-refractivity contribution in [3.63, 3.8) is 0 Å². The van der Waals surface area contributed by atoms with Crippen LogP contribution in [-0.4, -0.2) is 41.6 Å². The second kappa shape index (κ2) is 9.14. The van der Waals surface area contributed by atoms with Gasteiger partial charge in [-0.15, -0.1) is 0 Å². The van der Waals surface area contributed by atoms with Crippen LogP contribution in [0.4, 0.5) is 4.39 Å². The lowest BCUT2D eigenvalue weighted by Crippen LogP contribution is -2.41. The second-order valence-electron chi connectivity index (χ2n) is 9.51. The molecule has 1 amide bonds. The number of rotatable bonds is 5. The summed E-state index contributed by atoms with van der Waals surface area (Å²) in [5.74, 6) is 1.71. The third-order valence-electron chi connectivity index (χ3n) is 7.76. The summed E-state index contributed by atoms with van der Waals surface area (Å²) in [4.78, 5) is 18.9. The van der Waals surface area contributed by atoms with E-state index < -0.39 is 0 Å². The number of hydrogen-bond acceptors (Lipinski definition) is 3. The average molecular weight is 435 g/mol. The summed E-state index contributed by atoms with van der Waals surface area (Å²) < 4.78 is 19.4. The smallest absolute Gasteiger partial charge is 0.222 e. The number of fused-ring (bicyclic) bond motifs is 1. The number of carbonyl (C=O) groups is 1. The van der Waals surface area contributed by atoms with Gasteiger partial charge in [0, 0.05) is 43.8 Å². The topological polar surface area (TPSA) is 42.4 Å². The first-order valence-electron chi connectivity index (χ1n) is 11.8. The molecule has 2 aromatic rings. The molecule has 1 aromatic heterocycles. The molecular formula is C27H31FN2O2. The molecular weight excluding hydrogens is 403 g/mol. The highest BCUT2D eigenvalue weighted by Gasteiger charge is 2.46. The fourth-order valence-electron chi connectivity index (χ4n) is 6.18. The van der Waals surface area contributed by atoms with Gasteiger partial charge in [0.15, 0.2) is 0 Å². The standard InChI is InChI=1S/C27H31FN2O2/c1-32-26-16-20-15-23(30-13-3-6-27(30)31)10-12-24(20)25(26)11-9-22-8-7-19(17-29-22)18-4-2-5-21(28)14-18/h2,4-5,7-9,11,14,17,20,23-26H,3,6,10,12-13,15-16H2,1H3/b11-9+/t20-,23?,24-,25+,26+/m1/s1. The molecule has 4 nitrogen and oxygen atoms in total. The Morgan fingerprint density at radius 2 is 2.06 bits per heavy atom. The molecule has 5 heteroatoms. The number of methoxy groups -OCH3 is 1.